The quantitative estimate of drug-likeness (QED) is 0.671. The van der Waals surface area contributed by atoms with Crippen LogP contribution in [0, 0.1) is 5.92 Å². The van der Waals surface area contributed by atoms with E-state index in [9.17, 15) is 4.79 Å². The van der Waals surface area contributed by atoms with E-state index in [1.807, 2.05) is 23.5 Å². The van der Waals surface area contributed by atoms with E-state index in [-0.39, 0.29) is 10.00 Å². The van der Waals surface area contributed by atoms with E-state index in [1.165, 1.54) is 22.2 Å². The van der Waals surface area contributed by atoms with E-state index in [0.29, 0.717) is 6.04 Å². The second-order valence-electron chi connectivity index (χ2n) is 6.25. The van der Waals surface area contributed by atoms with Gasteiger partial charge in [0.25, 0.3) is 0 Å². The van der Waals surface area contributed by atoms with Gasteiger partial charge in [0.05, 0.1) is 6.04 Å². The van der Waals surface area contributed by atoms with Crippen LogP contribution in [0.15, 0.2) is 36.0 Å². The molecule has 2 atom stereocenters. The number of aromatic nitrogens is 1. The first-order chi connectivity index (χ1) is 11.2. The van der Waals surface area contributed by atoms with Crippen molar-refractivity contribution in [2.75, 3.05) is 19.6 Å². The molecule has 4 rings (SSSR count). The molecule has 23 heavy (non-hydrogen) atoms. The second kappa shape index (κ2) is 5.35. The number of para-hydroxylation sites is 1. The van der Waals surface area contributed by atoms with Gasteiger partial charge < -0.3 is 9.88 Å². The molecular formula is C18H20N2OS2. The highest BCUT2D eigenvalue weighted by Crippen LogP contribution is 2.62. The summed E-state index contributed by atoms with van der Waals surface area (Å²) in [6, 6.07) is 8.88. The fourth-order valence-corrected chi connectivity index (χ4v) is 6.71. The largest absolute Gasteiger partial charge is 0.373 e. The number of fused-ring (bicyclic) bond motifs is 6. The highest BCUT2D eigenvalue weighted by atomic mass is 32.2. The molecule has 120 valence electrons. The number of carbonyl (C=O) groups excluding carboxylic acids is 1. The second-order valence-corrected chi connectivity index (χ2v) is 8.61. The number of allylic oxidation sites excluding steroid dienone is 1. The van der Waals surface area contributed by atoms with Crippen LogP contribution >= 0.6 is 23.5 Å². The molecule has 1 aliphatic heterocycles. The lowest BCUT2D eigenvalue weighted by Gasteiger charge is -2.49. The predicted molar refractivity (Wildman–Crippen MR) is 99.8 cm³/mol. The molecule has 1 N–H and O–H groups in total. The topological polar surface area (TPSA) is 36.1 Å². The average Bonchev–Trinajstić information content (AvgIpc) is 2.98. The SMILES string of the molecule is CSC1(SC)c2[nH]c3ccccc3c2[C@H]2C[C@@H]1C(C=O)=CN2C. The van der Waals surface area contributed by atoms with Gasteiger partial charge in [-0.05, 0) is 25.0 Å². The Bertz CT molecular complexity index is 806. The summed E-state index contributed by atoms with van der Waals surface area (Å²) < 4.78 is -0.126. The Morgan fingerprint density at radius 2 is 2.04 bits per heavy atom. The summed E-state index contributed by atoms with van der Waals surface area (Å²) in [5, 5.41) is 1.31. The smallest absolute Gasteiger partial charge is 0.147 e. The molecule has 0 spiro atoms. The number of rotatable bonds is 3. The lowest BCUT2D eigenvalue weighted by molar-refractivity contribution is -0.105. The molecule has 2 heterocycles. The first-order valence-corrected chi connectivity index (χ1v) is 10.2. The number of carbonyl (C=O) groups is 1. The van der Waals surface area contributed by atoms with Crippen LogP contribution in [0.25, 0.3) is 10.9 Å². The summed E-state index contributed by atoms with van der Waals surface area (Å²) in [6.45, 7) is 0. The maximum atomic E-state index is 11.7. The van der Waals surface area contributed by atoms with Crippen molar-refractivity contribution < 1.29 is 4.79 Å². The van der Waals surface area contributed by atoms with Crippen molar-refractivity contribution >= 4 is 40.7 Å². The lowest BCUT2D eigenvalue weighted by atomic mass is 9.76. The molecule has 0 saturated carbocycles. The number of hydrogen-bond acceptors (Lipinski definition) is 4. The van der Waals surface area contributed by atoms with Gasteiger partial charge in [0.1, 0.15) is 10.4 Å². The summed E-state index contributed by atoms with van der Waals surface area (Å²) in [4.78, 5) is 17.6. The van der Waals surface area contributed by atoms with E-state index in [1.54, 1.807) is 0 Å². The number of H-pyrrole nitrogens is 1. The molecule has 0 saturated heterocycles. The molecular weight excluding hydrogens is 324 g/mol. The summed E-state index contributed by atoms with van der Waals surface area (Å²) in [5.74, 6) is 0.242. The van der Waals surface area contributed by atoms with Crippen LogP contribution < -0.4 is 0 Å². The van der Waals surface area contributed by atoms with Crippen LogP contribution in [0.5, 0.6) is 0 Å². The van der Waals surface area contributed by atoms with Crippen LogP contribution in [0.1, 0.15) is 23.7 Å². The number of nitrogens with one attached hydrogen (secondary N) is 1. The van der Waals surface area contributed by atoms with Crippen LogP contribution in [0.2, 0.25) is 0 Å². The van der Waals surface area contributed by atoms with Crippen molar-refractivity contribution in [2.24, 2.45) is 5.92 Å². The minimum atomic E-state index is -0.126. The van der Waals surface area contributed by atoms with Gasteiger partial charge in [-0.3, -0.25) is 4.79 Å². The minimum absolute atomic E-state index is 0.126. The fourth-order valence-electron chi connectivity index (χ4n) is 4.28. The third-order valence-corrected chi connectivity index (χ3v) is 8.53. The third kappa shape index (κ3) is 1.89. The Labute approximate surface area is 144 Å². The van der Waals surface area contributed by atoms with Crippen molar-refractivity contribution in [1.82, 2.24) is 9.88 Å². The van der Waals surface area contributed by atoms with Crippen LogP contribution in [0.3, 0.4) is 0 Å². The molecule has 5 heteroatoms. The Morgan fingerprint density at radius 3 is 2.74 bits per heavy atom. The van der Waals surface area contributed by atoms with Crippen molar-refractivity contribution in [3.63, 3.8) is 0 Å². The lowest BCUT2D eigenvalue weighted by Crippen LogP contribution is -2.43. The standard InChI is InChI=1S/C18H20N2OS2/c1-20-9-11(10-21)13-8-15(20)16-12-6-4-5-7-14(12)19-17(16)18(13,22-2)23-3/h4-7,9-10,13,15,19H,8H2,1-3H3/t13-,15-/m1/s1. The first kappa shape index (κ1) is 15.2. The highest BCUT2D eigenvalue weighted by Gasteiger charge is 2.52. The summed E-state index contributed by atoms with van der Waals surface area (Å²) in [5.41, 5.74) is 4.80. The van der Waals surface area contributed by atoms with Gasteiger partial charge in [-0.1, -0.05) is 18.2 Å². The van der Waals surface area contributed by atoms with Crippen molar-refractivity contribution in [2.45, 2.75) is 16.5 Å². The summed E-state index contributed by atoms with van der Waals surface area (Å²) >= 11 is 3.71. The molecule has 2 aliphatic rings. The third-order valence-electron chi connectivity index (χ3n) is 5.33. The van der Waals surface area contributed by atoms with Crippen molar-refractivity contribution in [1.29, 1.82) is 0 Å². The molecule has 0 fully saturated rings. The zero-order valence-corrected chi connectivity index (χ0v) is 15.1. The molecule has 2 bridgehead atoms. The van der Waals surface area contributed by atoms with Gasteiger partial charge in [-0.25, -0.2) is 0 Å². The van der Waals surface area contributed by atoms with E-state index < -0.39 is 0 Å². The summed E-state index contributed by atoms with van der Waals surface area (Å²) in [6.07, 6.45) is 8.42. The molecule has 1 aliphatic carbocycles. The van der Waals surface area contributed by atoms with E-state index in [4.69, 9.17) is 0 Å². The zero-order chi connectivity index (χ0) is 16.2. The normalized spacial score (nSPS) is 25.2. The zero-order valence-electron chi connectivity index (χ0n) is 13.5. The molecule has 0 amide bonds. The van der Waals surface area contributed by atoms with Gasteiger partial charge in [-0.2, -0.15) is 0 Å². The van der Waals surface area contributed by atoms with Gasteiger partial charge in [-0.15, -0.1) is 23.5 Å². The summed E-state index contributed by atoms with van der Waals surface area (Å²) in [7, 11) is 2.08. The Hall–Kier alpha value is -1.33. The molecule has 0 unspecified atom stereocenters. The van der Waals surface area contributed by atoms with E-state index in [2.05, 4.69) is 59.9 Å². The maximum absolute atomic E-state index is 11.7. The van der Waals surface area contributed by atoms with Gasteiger partial charge >= 0.3 is 0 Å². The van der Waals surface area contributed by atoms with Crippen molar-refractivity contribution in [3.8, 4) is 0 Å². The molecule has 1 aromatic carbocycles. The van der Waals surface area contributed by atoms with E-state index >= 15 is 0 Å². The predicted octanol–water partition coefficient (Wildman–Crippen LogP) is 4.14. The molecule has 1 aromatic heterocycles. The van der Waals surface area contributed by atoms with Crippen LogP contribution in [-0.4, -0.2) is 35.7 Å². The number of aromatic amines is 1. The highest BCUT2D eigenvalue weighted by molar-refractivity contribution is 8.16. The Morgan fingerprint density at radius 1 is 1.30 bits per heavy atom. The van der Waals surface area contributed by atoms with E-state index in [0.717, 1.165) is 18.3 Å². The van der Waals surface area contributed by atoms with Crippen LogP contribution in [0.4, 0.5) is 0 Å². The maximum Gasteiger partial charge on any atom is 0.147 e. The van der Waals surface area contributed by atoms with Gasteiger partial charge in [0.2, 0.25) is 0 Å². The molecule has 0 radical (unpaired) electrons. The number of benzene rings is 1. The number of nitrogens with zero attached hydrogens (tertiary/aromatic N) is 1. The Balaban J connectivity index is 2.06. The van der Waals surface area contributed by atoms with Gasteiger partial charge in [0, 0.05) is 46.9 Å². The van der Waals surface area contributed by atoms with Crippen molar-refractivity contribution in [3.05, 3.63) is 47.3 Å². The average molecular weight is 345 g/mol. The Kier molecular flexibility index (Phi) is 3.54. The number of hydrogen-bond donors (Lipinski definition) is 1. The fraction of sp³-hybridized carbons (Fsp3) is 0.389. The minimum Gasteiger partial charge on any atom is -0.373 e. The van der Waals surface area contributed by atoms with Crippen LogP contribution in [-0.2, 0) is 8.87 Å². The van der Waals surface area contributed by atoms with Gasteiger partial charge in [0.15, 0.2) is 0 Å². The first-order valence-electron chi connectivity index (χ1n) is 7.76. The number of thioether (sulfide) groups is 2. The monoisotopic (exact) mass is 344 g/mol. The molecule has 2 aromatic rings. The molecule has 3 nitrogen and oxygen atoms in total. The number of aldehydes is 1.